The van der Waals surface area contributed by atoms with Crippen LogP contribution in [-0.4, -0.2) is 24.2 Å². The van der Waals surface area contributed by atoms with Gasteiger partial charge < -0.3 is 5.32 Å². The quantitative estimate of drug-likeness (QED) is 0.649. The Bertz CT molecular complexity index is 545. The number of rotatable bonds is 5. The molecular weight excluding hydrogens is 274 g/mol. The van der Waals surface area contributed by atoms with E-state index in [2.05, 4.69) is 47.9 Å². The zero-order chi connectivity index (χ0) is 15.9. The number of aryl methyl sites for hydroxylation is 2. The Morgan fingerprint density at radius 1 is 1.23 bits per heavy atom. The summed E-state index contributed by atoms with van der Waals surface area (Å²) in [6.07, 6.45) is 6.21. The summed E-state index contributed by atoms with van der Waals surface area (Å²) < 4.78 is 0. The summed E-state index contributed by atoms with van der Waals surface area (Å²) in [5, 5.41) is 7.55. The maximum Gasteiger partial charge on any atom is 0.254 e. The first kappa shape index (κ1) is 16.7. The Morgan fingerprint density at radius 2 is 1.95 bits per heavy atom. The summed E-state index contributed by atoms with van der Waals surface area (Å²) in [6.45, 7) is 6.40. The average molecular weight is 301 g/mol. The second-order valence-corrected chi connectivity index (χ2v) is 6.27. The number of hydrogen-bond acceptors (Lipinski definition) is 3. The van der Waals surface area contributed by atoms with Gasteiger partial charge in [0.1, 0.15) is 0 Å². The van der Waals surface area contributed by atoms with Crippen LogP contribution in [0.2, 0.25) is 0 Å². The molecule has 0 aliphatic heterocycles. The molecule has 0 spiro atoms. The van der Waals surface area contributed by atoms with Crippen LogP contribution in [0, 0.1) is 13.8 Å². The predicted octanol–water partition coefficient (Wildman–Crippen LogP) is 3.07. The van der Waals surface area contributed by atoms with Crippen molar-refractivity contribution in [1.29, 1.82) is 0 Å². The fourth-order valence-electron chi connectivity index (χ4n) is 3.01. The maximum absolute atomic E-state index is 11.9. The second kappa shape index (κ2) is 8.08. The minimum Gasteiger partial charge on any atom is -0.306 e. The molecule has 0 saturated heterocycles. The minimum absolute atomic E-state index is 0.0744. The third-order valence-corrected chi connectivity index (χ3v) is 4.28. The summed E-state index contributed by atoms with van der Waals surface area (Å²) in [7, 11) is 0. The summed E-state index contributed by atoms with van der Waals surface area (Å²) >= 11 is 0. The molecule has 4 nitrogen and oxygen atoms in total. The van der Waals surface area contributed by atoms with Crippen molar-refractivity contribution in [3.8, 4) is 0 Å². The normalized spacial score (nSPS) is 16.6. The van der Waals surface area contributed by atoms with Crippen LogP contribution >= 0.6 is 0 Å². The first-order chi connectivity index (χ1) is 10.6. The molecule has 1 aliphatic rings. The van der Waals surface area contributed by atoms with Crippen LogP contribution in [0.3, 0.4) is 0 Å². The van der Waals surface area contributed by atoms with Gasteiger partial charge in [0.15, 0.2) is 0 Å². The number of carbonyl (C=O) groups excluding carboxylic acids is 1. The standard InChI is InChI=1S/C18H27N3O/c1-13-9-10-17(14(2)11-13)15(3)20-21-18(22)12-19-16-7-5-4-6-8-16/h9-11,16,19H,4-8,12H2,1-3H3,(H,21,22)/b20-15-. The van der Waals surface area contributed by atoms with Gasteiger partial charge in [-0.1, -0.05) is 43.0 Å². The summed E-state index contributed by atoms with van der Waals surface area (Å²) in [5.74, 6) is -0.0744. The van der Waals surface area contributed by atoms with Crippen LogP contribution in [0.4, 0.5) is 0 Å². The lowest BCUT2D eigenvalue weighted by Crippen LogP contribution is -2.38. The second-order valence-electron chi connectivity index (χ2n) is 6.27. The van der Waals surface area contributed by atoms with Crippen LogP contribution in [0.5, 0.6) is 0 Å². The number of nitrogens with one attached hydrogen (secondary N) is 2. The Kier molecular flexibility index (Phi) is 6.13. The van der Waals surface area contributed by atoms with Crippen molar-refractivity contribution < 1.29 is 4.79 Å². The highest BCUT2D eigenvalue weighted by Crippen LogP contribution is 2.17. The largest absolute Gasteiger partial charge is 0.306 e. The van der Waals surface area contributed by atoms with Gasteiger partial charge in [0, 0.05) is 11.6 Å². The van der Waals surface area contributed by atoms with E-state index >= 15 is 0 Å². The molecular formula is C18H27N3O. The molecule has 1 aromatic carbocycles. The van der Waals surface area contributed by atoms with Crippen molar-refractivity contribution in [2.45, 2.75) is 58.9 Å². The minimum atomic E-state index is -0.0744. The number of nitrogens with zero attached hydrogens (tertiary/aromatic N) is 1. The van der Waals surface area contributed by atoms with E-state index in [-0.39, 0.29) is 5.91 Å². The maximum atomic E-state index is 11.9. The van der Waals surface area contributed by atoms with Crippen molar-refractivity contribution in [1.82, 2.24) is 10.7 Å². The molecule has 2 N–H and O–H groups in total. The van der Waals surface area contributed by atoms with Crippen LogP contribution in [0.15, 0.2) is 23.3 Å². The van der Waals surface area contributed by atoms with Crippen LogP contribution in [0.25, 0.3) is 0 Å². The fourth-order valence-corrected chi connectivity index (χ4v) is 3.01. The van der Waals surface area contributed by atoms with Gasteiger partial charge in [0.05, 0.1) is 12.3 Å². The topological polar surface area (TPSA) is 53.5 Å². The SMILES string of the molecule is C/C(=N/NC(=O)CNC1CCCCC1)c1ccc(C)cc1C. The molecule has 0 aromatic heterocycles. The third kappa shape index (κ3) is 4.95. The number of carbonyl (C=O) groups is 1. The number of amides is 1. The van der Waals surface area contributed by atoms with E-state index in [4.69, 9.17) is 0 Å². The van der Waals surface area contributed by atoms with E-state index in [1.807, 2.05) is 6.92 Å². The van der Waals surface area contributed by atoms with Gasteiger partial charge in [-0.15, -0.1) is 0 Å². The Hall–Kier alpha value is -1.68. The van der Waals surface area contributed by atoms with E-state index in [0.29, 0.717) is 12.6 Å². The van der Waals surface area contributed by atoms with E-state index in [0.717, 1.165) is 11.3 Å². The van der Waals surface area contributed by atoms with E-state index < -0.39 is 0 Å². The van der Waals surface area contributed by atoms with Crippen molar-refractivity contribution in [3.63, 3.8) is 0 Å². The van der Waals surface area contributed by atoms with Crippen LogP contribution in [0.1, 0.15) is 55.7 Å². The molecule has 1 aromatic rings. The van der Waals surface area contributed by atoms with Gasteiger partial charge in [-0.05, 0) is 39.2 Å². The third-order valence-electron chi connectivity index (χ3n) is 4.28. The molecule has 2 rings (SSSR count). The summed E-state index contributed by atoms with van der Waals surface area (Å²) in [6, 6.07) is 6.73. The molecule has 1 amide bonds. The van der Waals surface area contributed by atoms with Crippen molar-refractivity contribution >= 4 is 11.6 Å². The summed E-state index contributed by atoms with van der Waals surface area (Å²) in [4.78, 5) is 11.9. The lowest BCUT2D eigenvalue weighted by Gasteiger charge is -2.22. The molecule has 1 fully saturated rings. The Labute approximate surface area is 133 Å². The van der Waals surface area contributed by atoms with E-state index in [1.165, 1.54) is 43.2 Å². The number of hydrogen-bond donors (Lipinski definition) is 2. The summed E-state index contributed by atoms with van der Waals surface area (Å²) in [5.41, 5.74) is 6.97. The monoisotopic (exact) mass is 301 g/mol. The van der Waals surface area contributed by atoms with E-state index in [9.17, 15) is 4.79 Å². The molecule has 1 aliphatic carbocycles. The highest BCUT2D eigenvalue weighted by molar-refractivity contribution is 6.00. The first-order valence-corrected chi connectivity index (χ1v) is 8.20. The van der Waals surface area contributed by atoms with Gasteiger partial charge in [0.2, 0.25) is 0 Å². The van der Waals surface area contributed by atoms with Crippen molar-refractivity contribution in [2.75, 3.05) is 6.54 Å². The Morgan fingerprint density at radius 3 is 2.64 bits per heavy atom. The van der Waals surface area contributed by atoms with Crippen molar-refractivity contribution in [3.05, 3.63) is 34.9 Å². The highest BCUT2D eigenvalue weighted by atomic mass is 16.2. The van der Waals surface area contributed by atoms with E-state index in [1.54, 1.807) is 0 Å². The number of benzene rings is 1. The average Bonchev–Trinajstić information content (AvgIpc) is 2.51. The van der Waals surface area contributed by atoms with Gasteiger partial charge >= 0.3 is 0 Å². The lowest BCUT2D eigenvalue weighted by atomic mass is 9.95. The highest BCUT2D eigenvalue weighted by Gasteiger charge is 2.13. The zero-order valence-corrected chi connectivity index (χ0v) is 13.9. The molecule has 1 saturated carbocycles. The molecule has 0 bridgehead atoms. The molecule has 0 unspecified atom stereocenters. The van der Waals surface area contributed by atoms with Gasteiger partial charge in [-0.25, -0.2) is 5.43 Å². The van der Waals surface area contributed by atoms with Crippen LogP contribution in [-0.2, 0) is 4.79 Å². The van der Waals surface area contributed by atoms with Gasteiger partial charge in [0.25, 0.3) is 5.91 Å². The molecule has 22 heavy (non-hydrogen) atoms. The predicted molar refractivity (Wildman–Crippen MR) is 91.1 cm³/mol. The van der Waals surface area contributed by atoms with Crippen molar-refractivity contribution in [2.24, 2.45) is 5.10 Å². The molecule has 0 radical (unpaired) electrons. The lowest BCUT2D eigenvalue weighted by molar-refractivity contribution is -0.120. The Balaban J connectivity index is 1.83. The first-order valence-electron chi connectivity index (χ1n) is 8.20. The fraction of sp³-hybridized carbons (Fsp3) is 0.556. The molecule has 0 heterocycles. The molecule has 120 valence electrons. The zero-order valence-electron chi connectivity index (χ0n) is 13.9. The smallest absolute Gasteiger partial charge is 0.254 e. The van der Waals surface area contributed by atoms with Crippen LogP contribution < -0.4 is 10.7 Å². The van der Waals surface area contributed by atoms with Gasteiger partial charge in [-0.3, -0.25) is 4.79 Å². The number of hydrazone groups is 1. The van der Waals surface area contributed by atoms with Gasteiger partial charge in [-0.2, -0.15) is 5.10 Å². The molecule has 4 heteroatoms. The molecule has 0 atom stereocenters.